The summed E-state index contributed by atoms with van der Waals surface area (Å²) < 4.78 is 5.73. The zero-order valence-electron chi connectivity index (χ0n) is 10.7. The topological polar surface area (TPSA) is 46.5 Å². The molecular formula is C16H16O3. The number of aliphatic carboxylic acids is 1. The highest BCUT2D eigenvalue weighted by Crippen LogP contribution is 2.30. The molecule has 0 bridgehead atoms. The van der Waals surface area contributed by atoms with E-state index in [0.29, 0.717) is 5.75 Å². The first-order chi connectivity index (χ1) is 9.16. The second-order valence-corrected chi connectivity index (χ2v) is 4.39. The monoisotopic (exact) mass is 256 g/mol. The molecule has 0 amide bonds. The number of carboxylic acid groups (broad SMARTS) is 1. The zero-order chi connectivity index (χ0) is 13.7. The van der Waals surface area contributed by atoms with Crippen molar-refractivity contribution in [2.75, 3.05) is 0 Å². The van der Waals surface area contributed by atoms with Gasteiger partial charge in [-0.15, -0.1) is 0 Å². The molecule has 0 aromatic heterocycles. The SMILES string of the molecule is C[C@H](CC(=O)O)Oc1ccccc1-c1ccccc1. The normalized spacial score (nSPS) is 11.8. The average Bonchev–Trinajstić information content (AvgIpc) is 2.39. The lowest BCUT2D eigenvalue weighted by molar-refractivity contribution is -0.138. The minimum Gasteiger partial charge on any atom is -0.489 e. The summed E-state index contributed by atoms with van der Waals surface area (Å²) in [5.41, 5.74) is 2.03. The molecule has 0 aliphatic rings. The minimum atomic E-state index is -0.857. The molecule has 0 radical (unpaired) electrons. The number of carboxylic acids is 1. The number of benzene rings is 2. The van der Waals surface area contributed by atoms with Crippen LogP contribution in [0, 0.1) is 0 Å². The Kier molecular flexibility index (Phi) is 4.18. The van der Waals surface area contributed by atoms with Gasteiger partial charge in [0, 0.05) is 5.56 Å². The summed E-state index contributed by atoms with van der Waals surface area (Å²) in [6, 6.07) is 17.6. The van der Waals surface area contributed by atoms with E-state index in [1.54, 1.807) is 6.92 Å². The van der Waals surface area contributed by atoms with Gasteiger partial charge in [0.2, 0.25) is 0 Å². The quantitative estimate of drug-likeness (QED) is 0.889. The smallest absolute Gasteiger partial charge is 0.307 e. The van der Waals surface area contributed by atoms with Gasteiger partial charge in [-0.3, -0.25) is 4.79 Å². The van der Waals surface area contributed by atoms with E-state index in [0.717, 1.165) is 11.1 Å². The van der Waals surface area contributed by atoms with Gasteiger partial charge in [0.25, 0.3) is 0 Å². The lowest BCUT2D eigenvalue weighted by Gasteiger charge is -2.16. The predicted molar refractivity (Wildman–Crippen MR) is 74.2 cm³/mol. The molecule has 2 aromatic carbocycles. The second-order valence-electron chi connectivity index (χ2n) is 4.39. The van der Waals surface area contributed by atoms with Gasteiger partial charge in [0.15, 0.2) is 0 Å². The molecule has 1 atom stereocenters. The van der Waals surface area contributed by atoms with Gasteiger partial charge in [-0.1, -0.05) is 48.5 Å². The molecule has 0 aliphatic heterocycles. The molecule has 0 saturated carbocycles. The molecular weight excluding hydrogens is 240 g/mol. The summed E-state index contributed by atoms with van der Waals surface area (Å²) in [6.45, 7) is 1.76. The number of ether oxygens (including phenoxy) is 1. The highest BCUT2D eigenvalue weighted by atomic mass is 16.5. The maximum atomic E-state index is 10.7. The lowest BCUT2D eigenvalue weighted by atomic mass is 10.0. The Morgan fingerprint density at radius 1 is 1.11 bits per heavy atom. The first-order valence-electron chi connectivity index (χ1n) is 6.19. The van der Waals surface area contributed by atoms with Crippen LogP contribution in [0.25, 0.3) is 11.1 Å². The fraction of sp³-hybridized carbons (Fsp3) is 0.188. The molecule has 2 rings (SSSR count). The molecule has 0 unspecified atom stereocenters. The first-order valence-corrected chi connectivity index (χ1v) is 6.19. The molecule has 0 fully saturated rings. The van der Waals surface area contributed by atoms with Gasteiger partial charge < -0.3 is 9.84 Å². The van der Waals surface area contributed by atoms with Crippen molar-refractivity contribution in [3.8, 4) is 16.9 Å². The Hall–Kier alpha value is -2.29. The maximum absolute atomic E-state index is 10.7. The van der Waals surface area contributed by atoms with Crippen molar-refractivity contribution in [1.29, 1.82) is 0 Å². The van der Waals surface area contributed by atoms with Crippen LogP contribution in [0.5, 0.6) is 5.75 Å². The van der Waals surface area contributed by atoms with Crippen LogP contribution in [0.3, 0.4) is 0 Å². The van der Waals surface area contributed by atoms with Crippen LogP contribution in [-0.4, -0.2) is 17.2 Å². The van der Waals surface area contributed by atoms with Crippen molar-refractivity contribution in [2.24, 2.45) is 0 Å². The van der Waals surface area contributed by atoms with Crippen molar-refractivity contribution in [3.05, 3.63) is 54.6 Å². The molecule has 0 aliphatic carbocycles. The third kappa shape index (κ3) is 3.58. The van der Waals surface area contributed by atoms with Crippen molar-refractivity contribution in [3.63, 3.8) is 0 Å². The van der Waals surface area contributed by atoms with E-state index >= 15 is 0 Å². The second kappa shape index (κ2) is 6.05. The molecule has 2 aromatic rings. The van der Waals surface area contributed by atoms with Gasteiger partial charge >= 0.3 is 5.97 Å². The summed E-state index contributed by atoms with van der Waals surface area (Å²) in [7, 11) is 0. The van der Waals surface area contributed by atoms with Crippen LogP contribution < -0.4 is 4.74 Å². The maximum Gasteiger partial charge on any atom is 0.307 e. The first kappa shape index (κ1) is 13.1. The van der Waals surface area contributed by atoms with Gasteiger partial charge in [0.1, 0.15) is 11.9 Å². The van der Waals surface area contributed by atoms with Crippen LogP contribution in [0.15, 0.2) is 54.6 Å². The van der Waals surface area contributed by atoms with Crippen LogP contribution >= 0.6 is 0 Å². The highest BCUT2D eigenvalue weighted by molar-refractivity contribution is 5.70. The Labute approximate surface area is 112 Å². The van der Waals surface area contributed by atoms with E-state index in [2.05, 4.69) is 0 Å². The van der Waals surface area contributed by atoms with Crippen molar-refractivity contribution < 1.29 is 14.6 Å². The van der Waals surface area contributed by atoms with E-state index in [4.69, 9.17) is 9.84 Å². The largest absolute Gasteiger partial charge is 0.489 e. The third-order valence-electron chi connectivity index (χ3n) is 2.76. The Morgan fingerprint density at radius 3 is 2.42 bits per heavy atom. The van der Waals surface area contributed by atoms with E-state index in [1.165, 1.54) is 0 Å². The molecule has 0 saturated heterocycles. The molecule has 0 spiro atoms. The lowest BCUT2D eigenvalue weighted by Crippen LogP contribution is -2.16. The van der Waals surface area contributed by atoms with E-state index < -0.39 is 5.97 Å². The van der Waals surface area contributed by atoms with Crippen LogP contribution in [0.1, 0.15) is 13.3 Å². The number of hydrogen-bond donors (Lipinski definition) is 1. The third-order valence-corrected chi connectivity index (χ3v) is 2.76. The molecule has 1 N–H and O–H groups in total. The summed E-state index contributed by atoms with van der Waals surface area (Å²) in [5.74, 6) is -0.146. The van der Waals surface area contributed by atoms with Crippen LogP contribution in [-0.2, 0) is 4.79 Å². The van der Waals surface area contributed by atoms with Crippen molar-refractivity contribution in [2.45, 2.75) is 19.4 Å². The van der Waals surface area contributed by atoms with E-state index in [1.807, 2.05) is 54.6 Å². The van der Waals surface area contributed by atoms with Crippen LogP contribution in [0.4, 0.5) is 0 Å². The fourth-order valence-electron chi connectivity index (χ4n) is 1.93. The highest BCUT2D eigenvalue weighted by Gasteiger charge is 2.12. The fourth-order valence-corrected chi connectivity index (χ4v) is 1.93. The van der Waals surface area contributed by atoms with Crippen molar-refractivity contribution >= 4 is 5.97 Å². The number of para-hydroxylation sites is 1. The molecule has 3 heteroatoms. The Bertz CT molecular complexity index is 549. The van der Waals surface area contributed by atoms with E-state index in [9.17, 15) is 4.79 Å². The summed E-state index contributed by atoms with van der Waals surface area (Å²) in [5, 5.41) is 8.77. The Morgan fingerprint density at radius 2 is 1.74 bits per heavy atom. The number of rotatable bonds is 5. The van der Waals surface area contributed by atoms with Crippen LogP contribution in [0.2, 0.25) is 0 Å². The average molecular weight is 256 g/mol. The molecule has 19 heavy (non-hydrogen) atoms. The minimum absolute atomic E-state index is 0.0108. The predicted octanol–water partition coefficient (Wildman–Crippen LogP) is 3.60. The standard InChI is InChI=1S/C16H16O3/c1-12(11-16(17)18)19-15-10-6-5-9-14(15)13-7-3-2-4-8-13/h2-10,12H,11H2,1H3,(H,17,18)/t12-/m1/s1. The molecule has 98 valence electrons. The molecule has 0 heterocycles. The van der Waals surface area contributed by atoms with E-state index in [-0.39, 0.29) is 12.5 Å². The number of hydrogen-bond acceptors (Lipinski definition) is 2. The van der Waals surface area contributed by atoms with Gasteiger partial charge in [-0.2, -0.15) is 0 Å². The number of carbonyl (C=O) groups is 1. The van der Waals surface area contributed by atoms with Gasteiger partial charge in [0.05, 0.1) is 6.42 Å². The summed E-state index contributed by atoms with van der Waals surface area (Å²) in [4.78, 5) is 10.7. The van der Waals surface area contributed by atoms with Gasteiger partial charge in [-0.05, 0) is 18.6 Å². The molecule has 3 nitrogen and oxygen atoms in total. The van der Waals surface area contributed by atoms with Gasteiger partial charge in [-0.25, -0.2) is 0 Å². The summed E-state index contributed by atoms with van der Waals surface area (Å²) >= 11 is 0. The van der Waals surface area contributed by atoms with Crippen molar-refractivity contribution in [1.82, 2.24) is 0 Å². The Balaban J connectivity index is 2.24. The zero-order valence-corrected chi connectivity index (χ0v) is 10.7. The summed E-state index contributed by atoms with van der Waals surface area (Å²) in [6.07, 6.45) is -0.370.